The Morgan fingerprint density at radius 3 is 2.03 bits per heavy atom. The Morgan fingerprint density at radius 1 is 0.862 bits per heavy atom. The van der Waals surface area contributed by atoms with E-state index in [1.807, 2.05) is 0 Å². The van der Waals surface area contributed by atoms with Gasteiger partial charge in [0.15, 0.2) is 23.3 Å². The molecule has 1 N–H and O–H groups in total. The van der Waals surface area contributed by atoms with Crippen molar-refractivity contribution in [2.45, 2.75) is 30.6 Å². The average molecular weight is 430 g/mol. The standard InChI is InChI=1S/C19H18F4N2O3S/c20-15-11-14(16(21)18(23)17(15)22)19(26)24-12-5-7-13(8-6-12)29(27,28)25-9-3-1-2-4-10-25/h5-8,11H,1-4,9-10H2,(H,24,26). The van der Waals surface area contributed by atoms with E-state index < -0.39 is 44.8 Å². The first-order chi connectivity index (χ1) is 13.7. The van der Waals surface area contributed by atoms with Gasteiger partial charge in [-0.15, -0.1) is 0 Å². The van der Waals surface area contributed by atoms with Crippen molar-refractivity contribution in [2.75, 3.05) is 18.4 Å². The molecule has 1 saturated heterocycles. The molecule has 1 aliphatic heterocycles. The molecule has 1 fully saturated rings. The van der Waals surface area contributed by atoms with Crippen LogP contribution in [0.5, 0.6) is 0 Å². The molecule has 1 heterocycles. The molecular weight excluding hydrogens is 412 g/mol. The first-order valence-corrected chi connectivity index (χ1v) is 10.4. The van der Waals surface area contributed by atoms with E-state index in [9.17, 15) is 30.8 Å². The summed E-state index contributed by atoms with van der Waals surface area (Å²) in [6.45, 7) is 0.865. The molecule has 5 nitrogen and oxygen atoms in total. The van der Waals surface area contributed by atoms with Crippen molar-refractivity contribution in [2.24, 2.45) is 0 Å². The molecule has 0 saturated carbocycles. The van der Waals surface area contributed by atoms with Crippen LogP contribution in [0.3, 0.4) is 0 Å². The van der Waals surface area contributed by atoms with Crippen LogP contribution < -0.4 is 5.32 Å². The van der Waals surface area contributed by atoms with E-state index in [0.29, 0.717) is 13.1 Å². The van der Waals surface area contributed by atoms with Gasteiger partial charge in [0.25, 0.3) is 5.91 Å². The van der Waals surface area contributed by atoms with Crippen molar-refractivity contribution in [3.63, 3.8) is 0 Å². The van der Waals surface area contributed by atoms with Crippen molar-refractivity contribution >= 4 is 21.6 Å². The van der Waals surface area contributed by atoms with Gasteiger partial charge in [0.1, 0.15) is 0 Å². The lowest BCUT2D eigenvalue weighted by molar-refractivity contribution is 0.102. The highest BCUT2D eigenvalue weighted by atomic mass is 32.2. The normalized spacial score (nSPS) is 15.7. The number of halogens is 4. The number of rotatable bonds is 4. The second-order valence-corrected chi connectivity index (χ2v) is 8.58. The molecule has 0 spiro atoms. The Bertz CT molecular complexity index is 1020. The van der Waals surface area contributed by atoms with Gasteiger partial charge in [0, 0.05) is 18.8 Å². The van der Waals surface area contributed by atoms with Gasteiger partial charge in [-0.1, -0.05) is 12.8 Å². The summed E-state index contributed by atoms with van der Waals surface area (Å²) >= 11 is 0. The number of nitrogens with one attached hydrogen (secondary N) is 1. The molecule has 0 unspecified atom stereocenters. The van der Waals surface area contributed by atoms with Gasteiger partial charge in [-0.05, 0) is 43.2 Å². The van der Waals surface area contributed by atoms with E-state index in [0.717, 1.165) is 25.7 Å². The summed E-state index contributed by atoms with van der Waals surface area (Å²) in [5.41, 5.74) is -0.933. The molecule has 156 valence electrons. The Morgan fingerprint density at radius 2 is 1.45 bits per heavy atom. The Hall–Kier alpha value is -2.46. The predicted octanol–water partition coefficient (Wildman–Crippen LogP) is 4.06. The number of sulfonamides is 1. The molecule has 1 aliphatic rings. The highest BCUT2D eigenvalue weighted by Crippen LogP contribution is 2.23. The first-order valence-electron chi connectivity index (χ1n) is 8.96. The van der Waals surface area contributed by atoms with Crippen molar-refractivity contribution < 1.29 is 30.8 Å². The zero-order valence-electron chi connectivity index (χ0n) is 15.2. The van der Waals surface area contributed by atoms with Gasteiger partial charge in [-0.2, -0.15) is 4.31 Å². The van der Waals surface area contributed by atoms with E-state index in [1.54, 1.807) is 0 Å². The molecule has 1 amide bonds. The Labute approximate surface area is 165 Å². The fraction of sp³-hybridized carbons (Fsp3) is 0.316. The molecule has 2 aromatic rings. The first kappa shape index (κ1) is 21.3. The molecule has 0 atom stereocenters. The summed E-state index contributed by atoms with van der Waals surface area (Å²) in [4.78, 5) is 12.1. The molecule has 0 radical (unpaired) electrons. The lowest BCUT2D eigenvalue weighted by Gasteiger charge is -2.20. The van der Waals surface area contributed by atoms with E-state index in [-0.39, 0.29) is 16.6 Å². The second-order valence-electron chi connectivity index (χ2n) is 6.64. The maximum atomic E-state index is 13.7. The average Bonchev–Trinajstić information content (AvgIpc) is 2.99. The van der Waals surface area contributed by atoms with E-state index >= 15 is 0 Å². The highest BCUT2D eigenvalue weighted by Gasteiger charge is 2.26. The van der Waals surface area contributed by atoms with Crippen LogP contribution in [-0.2, 0) is 10.0 Å². The Balaban J connectivity index is 1.78. The minimum Gasteiger partial charge on any atom is -0.322 e. The SMILES string of the molecule is O=C(Nc1ccc(S(=O)(=O)N2CCCCCC2)cc1)c1cc(F)c(F)c(F)c1F. The number of carbonyl (C=O) groups excluding carboxylic acids is 1. The van der Waals surface area contributed by atoms with Gasteiger partial charge >= 0.3 is 0 Å². The number of amides is 1. The van der Waals surface area contributed by atoms with Crippen LogP contribution in [0.1, 0.15) is 36.0 Å². The molecule has 0 aromatic heterocycles. The molecule has 0 bridgehead atoms. The quantitative estimate of drug-likeness (QED) is 0.452. The molecular formula is C19H18F4N2O3S. The predicted molar refractivity (Wildman–Crippen MR) is 97.9 cm³/mol. The zero-order valence-corrected chi connectivity index (χ0v) is 16.0. The van der Waals surface area contributed by atoms with Gasteiger partial charge in [0.2, 0.25) is 10.0 Å². The number of hydrogen-bond acceptors (Lipinski definition) is 3. The minimum absolute atomic E-state index is 0.0300. The maximum Gasteiger partial charge on any atom is 0.258 e. The third kappa shape index (κ3) is 4.43. The summed E-state index contributed by atoms with van der Waals surface area (Å²) in [5.74, 6) is -8.82. The summed E-state index contributed by atoms with van der Waals surface area (Å²) in [7, 11) is -3.69. The summed E-state index contributed by atoms with van der Waals surface area (Å²) in [5, 5.41) is 2.20. The summed E-state index contributed by atoms with van der Waals surface area (Å²) < 4.78 is 80.2. The largest absolute Gasteiger partial charge is 0.322 e. The minimum atomic E-state index is -3.69. The van der Waals surface area contributed by atoms with Crippen molar-refractivity contribution in [3.05, 3.63) is 59.2 Å². The van der Waals surface area contributed by atoms with Crippen LogP contribution in [0, 0.1) is 23.3 Å². The van der Waals surface area contributed by atoms with Crippen LogP contribution in [0.4, 0.5) is 23.2 Å². The van der Waals surface area contributed by atoms with Crippen molar-refractivity contribution in [1.29, 1.82) is 0 Å². The second kappa shape index (κ2) is 8.50. The molecule has 3 rings (SSSR count). The smallest absolute Gasteiger partial charge is 0.258 e. The van der Waals surface area contributed by atoms with Crippen LogP contribution in [-0.4, -0.2) is 31.7 Å². The number of anilines is 1. The number of carbonyl (C=O) groups is 1. The zero-order chi connectivity index (χ0) is 21.2. The lowest BCUT2D eigenvalue weighted by Crippen LogP contribution is -2.31. The fourth-order valence-corrected chi connectivity index (χ4v) is 4.59. The van der Waals surface area contributed by atoms with E-state index in [1.165, 1.54) is 28.6 Å². The van der Waals surface area contributed by atoms with E-state index in [2.05, 4.69) is 5.32 Å². The number of nitrogens with zero attached hydrogens (tertiary/aromatic N) is 1. The van der Waals surface area contributed by atoms with Gasteiger partial charge in [-0.25, -0.2) is 26.0 Å². The lowest BCUT2D eigenvalue weighted by atomic mass is 10.1. The van der Waals surface area contributed by atoms with Crippen LogP contribution in [0.15, 0.2) is 35.2 Å². The topological polar surface area (TPSA) is 66.5 Å². The van der Waals surface area contributed by atoms with Gasteiger partial charge < -0.3 is 5.32 Å². The van der Waals surface area contributed by atoms with Crippen LogP contribution in [0.2, 0.25) is 0 Å². The van der Waals surface area contributed by atoms with Gasteiger partial charge in [-0.3, -0.25) is 4.79 Å². The van der Waals surface area contributed by atoms with E-state index in [4.69, 9.17) is 0 Å². The highest BCUT2D eigenvalue weighted by molar-refractivity contribution is 7.89. The maximum absolute atomic E-state index is 13.7. The van der Waals surface area contributed by atoms with Gasteiger partial charge in [0.05, 0.1) is 10.5 Å². The Kier molecular flexibility index (Phi) is 6.23. The molecule has 0 aliphatic carbocycles. The molecule has 2 aromatic carbocycles. The summed E-state index contributed by atoms with van der Waals surface area (Å²) in [6, 6.07) is 5.35. The van der Waals surface area contributed by atoms with Crippen LogP contribution in [0.25, 0.3) is 0 Å². The third-order valence-electron chi connectivity index (χ3n) is 4.66. The van der Waals surface area contributed by atoms with Crippen molar-refractivity contribution in [3.8, 4) is 0 Å². The third-order valence-corrected chi connectivity index (χ3v) is 6.58. The molecule has 29 heavy (non-hydrogen) atoms. The number of benzene rings is 2. The van der Waals surface area contributed by atoms with Crippen LogP contribution >= 0.6 is 0 Å². The summed E-state index contributed by atoms with van der Waals surface area (Å²) in [6.07, 6.45) is 3.50. The number of hydrogen-bond donors (Lipinski definition) is 1. The van der Waals surface area contributed by atoms with Crippen molar-refractivity contribution in [1.82, 2.24) is 4.31 Å². The fourth-order valence-electron chi connectivity index (χ4n) is 3.08. The molecule has 10 heteroatoms. The monoisotopic (exact) mass is 430 g/mol.